The molecule has 3 heteroatoms. The van der Waals surface area contributed by atoms with E-state index in [1.54, 1.807) is 0 Å². The molecule has 0 N–H and O–H groups in total. The van der Waals surface area contributed by atoms with Crippen molar-refractivity contribution in [3.05, 3.63) is 0 Å². The second-order valence-electron chi connectivity index (χ2n) is 1.44. The van der Waals surface area contributed by atoms with Gasteiger partial charge in [0.2, 0.25) is 0 Å². The van der Waals surface area contributed by atoms with Crippen molar-refractivity contribution in [3.8, 4) is 0 Å². The monoisotopic (exact) mass is 108 g/mol. The Labute approximate surface area is 67.9 Å². The summed E-state index contributed by atoms with van der Waals surface area (Å²) in [5, 5.41) is 10.3. The molecular formula is C4H10BNaO. The second-order valence-corrected chi connectivity index (χ2v) is 1.44. The first-order valence-corrected chi connectivity index (χ1v) is 2.47. The SMILES string of the molecule is CCB([O-])CC.[Na+]. The van der Waals surface area contributed by atoms with Gasteiger partial charge in [0.1, 0.15) is 0 Å². The molecule has 0 radical (unpaired) electrons. The molecule has 0 rings (SSSR count). The molecule has 0 aliphatic rings. The van der Waals surface area contributed by atoms with Gasteiger partial charge in [0.05, 0.1) is 0 Å². The quantitative estimate of drug-likeness (QED) is 0.355. The van der Waals surface area contributed by atoms with Gasteiger partial charge in [0, 0.05) is 6.92 Å². The second kappa shape index (κ2) is 7.02. The zero-order valence-electron chi connectivity index (χ0n) is 5.40. The van der Waals surface area contributed by atoms with Gasteiger partial charge < -0.3 is 5.02 Å². The Balaban J connectivity index is 0. The summed E-state index contributed by atoms with van der Waals surface area (Å²) in [4.78, 5) is 0. The molecule has 0 atom stereocenters. The molecule has 0 heterocycles. The number of rotatable bonds is 2. The molecule has 0 bridgehead atoms. The van der Waals surface area contributed by atoms with Crippen molar-refractivity contribution in [2.75, 3.05) is 0 Å². The van der Waals surface area contributed by atoms with E-state index in [0.717, 1.165) is 12.6 Å². The summed E-state index contributed by atoms with van der Waals surface area (Å²) >= 11 is 0. The van der Waals surface area contributed by atoms with Crippen LogP contribution in [0.5, 0.6) is 0 Å². The molecule has 7 heavy (non-hydrogen) atoms. The average molecular weight is 108 g/mol. The third kappa shape index (κ3) is 7.02. The fourth-order valence-corrected chi connectivity index (χ4v) is 0.289. The van der Waals surface area contributed by atoms with E-state index in [-0.39, 0.29) is 36.5 Å². The largest absolute Gasteiger partial charge is 1.00 e. The predicted molar refractivity (Wildman–Crippen MR) is 26.7 cm³/mol. The summed E-state index contributed by atoms with van der Waals surface area (Å²) in [5.41, 5.74) is 0. The molecule has 0 saturated carbocycles. The van der Waals surface area contributed by atoms with E-state index in [1.165, 1.54) is 0 Å². The number of hydrogen-bond acceptors (Lipinski definition) is 1. The molecule has 0 amide bonds. The van der Waals surface area contributed by atoms with Crippen LogP contribution in [0.25, 0.3) is 0 Å². The Kier molecular flexibility index (Phi) is 10.9. The number of hydrogen-bond donors (Lipinski definition) is 0. The predicted octanol–water partition coefficient (Wildman–Crippen LogP) is -2.62. The fraction of sp³-hybridized carbons (Fsp3) is 1.00. The van der Waals surface area contributed by atoms with Crippen LogP contribution in [0.4, 0.5) is 0 Å². The Morgan fingerprint density at radius 3 is 1.57 bits per heavy atom. The van der Waals surface area contributed by atoms with Crippen molar-refractivity contribution in [2.24, 2.45) is 0 Å². The molecule has 0 aromatic heterocycles. The Morgan fingerprint density at radius 2 is 1.57 bits per heavy atom. The average Bonchev–Trinajstić information content (AvgIpc) is 1.65. The van der Waals surface area contributed by atoms with E-state index in [2.05, 4.69) is 0 Å². The minimum Gasteiger partial charge on any atom is -0.879 e. The van der Waals surface area contributed by atoms with Crippen LogP contribution < -0.4 is 34.6 Å². The molecule has 1 nitrogen and oxygen atoms in total. The molecule has 0 aromatic carbocycles. The first-order chi connectivity index (χ1) is 2.81. The molecule has 0 spiro atoms. The summed E-state index contributed by atoms with van der Waals surface area (Å²) in [5.74, 6) is 0. The van der Waals surface area contributed by atoms with Gasteiger partial charge in [-0.25, -0.2) is 0 Å². The van der Waals surface area contributed by atoms with Gasteiger partial charge in [-0.3, -0.25) is 0 Å². The zero-order chi connectivity index (χ0) is 4.99. The third-order valence-electron chi connectivity index (χ3n) is 0.911. The fourth-order valence-electron chi connectivity index (χ4n) is 0.289. The van der Waals surface area contributed by atoms with E-state index >= 15 is 0 Å². The third-order valence-corrected chi connectivity index (χ3v) is 0.911. The summed E-state index contributed by atoms with van der Waals surface area (Å²) in [6.07, 6.45) is 1.55. The first-order valence-electron chi connectivity index (χ1n) is 2.47. The van der Waals surface area contributed by atoms with E-state index in [9.17, 15) is 5.02 Å². The van der Waals surface area contributed by atoms with Crippen molar-refractivity contribution in [1.29, 1.82) is 0 Å². The maximum atomic E-state index is 10.3. The van der Waals surface area contributed by atoms with Gasteiger partial charge in [-0.1, -0.05) is 26.5 Å². The smallest absolute Gasteiger partial charge is 0.879 e. The van der Waals surface area contributed by atoms with E-state index in [4.69, 9.17) is 0 Å². The van der Waals surface area contributed by atoms with Crippen LogP contribution in [0.2, 0.25) is 12.6 Å². The molecule has 0 aliphatic carbocycles. The van der Waals surface area contributed by atoms with Crippen LogP contribution in [0, 0.1) is 0 Å². The standard InChI is InChI=1S/C4H10BO.Na/c1-3-5(6)4-2;/h3-4H2,1-2H3;/q-1;+1. The molecule has 0 fully saturated rings. The van der Waals surface area contributed by atoms with Crippen LogP contribution in [0.15, 0.2) is 0 Å². The minimum atomic E-state index is -0.315. The first kappa shape index (κ1) is 10.9. The normalized spacial score (nSPS) is 7.29. The van der Waals surface area contributed by atoms with Crippen LogP contribution in [0.1, 0.15) is 13.8 Å². The maximum absolute atomic E-state index is 10.3. The summed E-state index contributed by atoms with van der Waals surface area (Å²) < 4.78 is 0. The zero-order valence-corrected chi connectivity index (χ0v) is 7.40. The van der Waals surface area contributed by atoms with Gasteiger partial charge in [-0.05, 0) is 0 Å². The van der Waals surface area contributed by atoms with Gasteiger partial charge in [0.25, 0.3) is 0 Å². The van der Waals surface area contributed by atoms with Crippen molar-refractivity contribution >= 4 is 6.92 Å². The van der Waals surface area contributed by atoms with Crippen molar-refractivity contribution in [2.45, 2.75) is 26.5 Å². The van der Waals surface area contributed by atoms with Crippen LogP contribution >= 0.6 is 0 Å². The minimum absolute atomic E-state index is 0. The Hall–Kier alpha value is 1.02. The molecule has 0 saturated heterocycles. The van der Waals surface area contributed by atoms with Crippen LogP contribution in [0.3, 0.4) is 0 Å². The molecule has 0 unspecified atom stereocenters. The topological polar surface area (TPSA) is 23.1 Å². The van der Waals surface area contributed by atoms with Gasteiger partial charge >= 0.3 is 29.6 Å². The molecule has 36 valence electrons. The van der Waals surface area contributed by atoms with Crippen LogP contribution in [-0.2, 0) is 0 Å². The Bertz CT molecular complexity index is 30.9. The summed E-state index contributed by atoms with van der Waals surface area (Å²) in [6, 6.07) is 0. The van der Waals surface area contributed by atoms with Gasteiger partial charge in [-0.2, -0.15) is 0 Å². The van der Waals surface area contributed by atoms with Crippen LogP contribution in [-0.4, -0.2) is 6.92 Å². The van der Waals surface area contributed by atoms with Gasteiger partial charge in [0.15, 0.2) is 0 Å². The van der Waals surface area contributed by atoms with Crippen molar-refractivity contribution in [3.63, 3.8) is 0 Å². The van der Waals surface area contributed by atoms with Crippen molar-refractivity contribution < 1.29 is 34.6 Å². The summed E-state index contributed by atoms with van der Waals surface area (Å²) in [7, 11) is 0. The van der Waals surface area contributed by atoms with Crippen molar-refractivity contribution in [1.82, 2.24) is 0 Å². The molecule has 0 aliphatic heterocycles. The van der Waals surface area contributed by atoms with E-state index < -0.39 is 0 Å². The van der Waals surface area contributed by atoms with E-state index in [1.807, 2.05) is 13.8 Å². The van der Waals surface area contributed by atoms with Gasteiger partial charge in [-0.15, -0.1) is 0 Å². The maximum Gasteiger partial charge on any atom is 1.00 e. The van der Waals surface area contributed by atoms with E-state index in [0.29, 0.717) is 0 Å². The molecule has 0 aromatic rings. The summed E-state index contributed by atoms with van der Waals surface area (Å²) in [6.45, 7) is 3.52. The molecular weight excluding hydrogens is 97.8 g/mol. The Morgan fingerprint density at radius 1 is 1.29 bits per heavy atom.